The van der Waals surface area contributed by atoms with Crippen LogP contribution in [0.2, 0.25) is 0 Å². The van der Waals surface area contributed by atoms with Crippen molar-refractivity contribution in [2.24, 2.45) is 0 Å². The number of oxazole rings is 1. The third-order valence-corrected chi connectivity index (χ3v) is 5.62. The molecular formula is C28H18N6O. The van der Waals surface area contributed by atoms with Gasteiger partial charge in [0.15, 0.2) is 11.3 Å². The van der Waals surface area contributed by atoms with E-state index in [1.807, 2.05) is 72.8 Å². The molecule has 0 amide bonds. The van der Waals surface area contributed by atoms with E-state index in [1.165, 1.54) is 0 Å². The molecule has 0 unspecified atom stereocenters. The number of aromatic nitrogens is 3. The first-order valence-corrected chi connectivity index (χ1v) is 11.0. The minimum absolute atomic E-state index is 0.559. The molecule has 3 aromatic carbocycles. The maximum absolute atomic E-state index is 7.28. The van der Waals surface area contributed by atoms with Crippen LogP contribution in [0.5, 0.6) is 0 Å². The fourth-order valence-corrected chi connectivity index (χ4v) is 3.89. The van der Waals surface area contributed by atoms with Crippen LogP contribution in [-0.2, 0) is 0 Å². The van der Waals surface area contributed by atoms with Crippen molar-refractivity contribution in [3.63, 3.8) is 0 Å². The van der Waals surface area contributed by atoms with Crippen LogP contribution in [0.4, 0.5) is 28.4 Å². The second-order valence-corrected chi connectivity index (χ2v) is 7.94. The van der Waals surface area contributed by atoms with Crippen molar-refractivity contribution in [1.29, 1.82) is 0 Å². The Labute approximate surface area is 200 Å². The highest BCUT2D eigenvalue weighted by atomic mass is 16.3. The molecule has 0 saturated carbocycles. The summed E-state index contributed by atoms with van der Waals surface area (Å²) in [5.41, 5.74) is 7.47. The quantitative estimate of drug-likeness (QED) is 0.263. The lowest BCUT2D eigenvalue weighted by Crippen LogP contribution is -1.92. The van der Waals surface area contributed by atoms with E-state index in [4.69, 9.17) is 11.0 Å². The summed E-state index contributed by atoms with van der Waals surface area (Å²) in [7, 11) is 0. The van der Waals surface area contributed by atoms with Crippen molar-refractivity contribution < 1.29 is 4.42 Å². The molecule has 0 atom stereocenters. The highest BCUT2D eigenvalue weighted by Gasteiger charge is 2.10. The SMILES string of the molecule is [C-]#[N+]c1ccc2nccc(Nc3ccc(-c4nc5ccc(Nc6ccncc6)cc5o4)cc3)c2c1. The molecule has 3 heterocycles. The number of fused-ring (bicyclic) bond motifs is 2. The van der Waals surface area contributed by atoms with Crippen LogP contribution >= 0.6 is 0 Å². The molecule has 0 radical (unpaired) electrons. The molecule has 35 heavy (non-hydrogen) atoms. The molecule has 6 rings (SSSR count). The highest BCUT2D eigenvalue weighted by molar-refractivity contribution is 5.95. The number of nitrogens with one attached hydrogen (secondary N) is 2. The number of benzene rings is 3. The molecule has 3 aromatic heterocycles. The van der Waals surface area contributed by atoms with Gasteiger partial charge in [0.1, 0.15) is 5.52 Å². The largest absolute Gasteiger partial charge is 0.436 e. The molecule has 7 heteroatoms. The number of pyridine rings is 2. The summed E-state index contributed by atoms with van der Waals surface area (Å²) in [6.45, 7) is 7.28. The van der Waals surface area contributed by atoms with E-state index in [0.29, 0.717) is 17.2 Å². The summed E-state index contributed by atoms with van der Waals surface area (Å²) in [5, 5.41) is 7.67. The second-order valence-electron chi connectivity index (χ2n) is 7.94. The summed E-state index contributed by atoms with van der Waals surface area (Å²) >= 11 is 0. The van der Waals surface area contributed by atoms with Crippen LogP contribution in [0.25, 0.3) is 38.3 Å². The number of anilines is 4. The Morgan fingerprint density at radius 3 is 2.31 bits per heavy atom. The Morgan fingerprint density at radius 1 is 0.714 bits per heavy atom. The molecular weight excluding hydrogens is 436 g/mol. The van der Waals surface area contributed by atoms with Crippen molar-refractivity contribution in [3.8, 4) is 11.5 Å². The van der Waals surface area contributed by atoms with E-state index in [2.05, 4.69) is 30.4 Å². The molecule has 0 bridgehead atoms. The summed E-state index contributed by atoms with van der Waals surface area (Å²) in [5.74, 6) is 0.559. The molecule has 0 spiro atoms. The van der Waals surface area contributed by atoms with Crippen LogP contribution < -0.4 is 10.6 Å². The maximum Gasteiger partial charge on any atom is 0.227 e. The molecule has 6 aromatic rings. The van der Waals surface area contributed by atoms with Crippen molar-refractivity contribution in [3.05, 3.63) is 109 Å². The van der Waals surface area contributed by atoms with E-state index < -0.39 is 0 Å². The van der Waals surface area contributed by atoms with Crippen molar-refractivity contribution in [2.75, 3.05) is 10.6 Å². The Balaban J connectivity index is 1.25. The van der Waals surface area contributed by atoms with Gasteiger partial charge in [0.05, 0.1) is 12.1 Å². The van der Waals surface area contributed by atoms with Crippen molar-refractivity contribution in [2.45, 2.75) is 0 Å². The zero-order valence-electron chi connectivity index (χ0n) is 18.4. The molecule has 7 nitrogen and oxygen atoms in total. The zero-order chi connectivity index (χ0) is 23.6. The molecule has 166 valence electrons. The van der Waals surface area contributed by atoms with E-state index >= 15 is 0 Å². The monoisotopic (exact) mass is 454 g/mol. The van der Waals surface area contributed by atoms with Crippen LogP contribution in [0, 0.1) is 6.57 Å². The Morgan fingerprint density at radius 2 is 1.49 bits per heavy atom. The van der Waals surface area contributed by atoms with Crippen LogP contribution in [0.15, 0.2) is 102 Å². The normalized spacial score (nSPS) is 10.8. The Hall–Kier alpha value is -5.22. The lowest BCUT2D eigenvalue weighted by atomic mass is 10.1. The smallest absolute Gasteiger partial charge is 0.227 e. The van der Waals surface area contributed by atoms with Gasteiger partial charge in [0, 0.05) is 58.4 Å². The summed E-state index contributed by atoms with van der Waals surface area (Å²) < 4.78 is 6.05. The molecule has 0 aliphatic carbocycles. The van der Waals surface area contributed by atoms with Crippen LogP contribution in [-0.4, -0.2) is 15.0 Å². The second kappa shape index (κ2) is 8.61. The minimum Gasteiger partial charge on any atom is -0.436 e. The molecule has 0 fully saturated rings. The lowest BCUT2D eigenvalue weighted by Gasteiger charge is -2.10. The fraction of sp³-hybridized carbons (Fsp3) is 0. The predicted molar refractivity (Wildman–Crippen MR) is 138 cm³/mol. The topological polar surface area (TPSA) is 80.2 Å². The van der Waals surface area contributed by atoms with Gasteiger partial charge in [0.25, 0.3) is 0 Å². The van der Waals surface area contributed by atoms with Gasteiger partial charge in [-0.25, -0.2) is 9.83 Å². The number of hydrogen-bond acceptors (Lipinski definition) is 6. The highest BCUT2D eigenvalue weighted by Crippen LogP contribution is 2.31. The third kappa shape index (κ3) is 4.12. The van der Waals surface area contributed by atoms with Gasteiger partial charge in [-0.05, 0) is 66.7 Å². The standard InChI is InChI=1S/C28H18N6O/c1-29-21-6-8-24-23(16-21)25(12-15-31-24)33-19-4-2-18(3-5-19)28-34-26-9-7-22(17-27(26)35-28)32-20-10-13-30-14-11-20/h2-17H,(H,30,32)(H,31,33). The van der Waals surface area contributed by atoms with E-state index in [9.17, 15) is 0 Å². The van der Waals surface area contributed by atoms with Gasteiger partial charge in [-0.3, -0.25) is 9.97 Å². The average molecular weight is 454 g/mol. The summed E-state index contributed by atoms with van der Waals surface area (Å²) in [6, 6.07) is 25.0. The molecule has 2 N–H and O–H groups in total. The van der Waals surface area contributed by atoms with Gasteiger partial charge in [-0.1, -0.05) is 6.07 Å². The van der Waals surface area contributed by atoms with Crippen molar-refractivity contribution >= 4 is 50.4 Å². The van der Waals surface area contributed by atoms with Gasteiger partial charge < -0.3 is 15.1 Å². The third-order valence-electron chi connectivity index (χ3n) is 5.62. The minimum atomic E-state index is 0.559. The zero-order valence-corrected chi connectivity index (χ0v) is 18.4. The summed E-state index contributed by atoms with van der Waals surface area (Å²) in [4.78, 5) is 16.6. The molecule has 0 saturated heterocycles. The summed E-state index contributed by atoms with van der Waals surface area (Å²) in [6.07, 6.45) is 5.24. The van der Waals surface area contributed by atoms with Crippen molar-refractivity contribution in [1.82, 2.24) is 15.0 Å². The average Bonchev–Trinajstić information content (AvgIpc) is 3.33. The lowest BCUT2D eigenvalue weighted by molar-refractivity contribution is 0.620. The first-order chi connectivity index (χ1) is 17.2. The van der Waals surface area contributed by atoms with Gasteiger partial charge in [-0.15, -0.1) is 0 Å². The number of nitrogens with zero attached hydrogens (tertiary/aromatic N) is 4. The Kier molecular flexibility index (Phi) is 5.02. The molecule has 0 aliphatic rings. The van der Waals surface area contributed by atoms with Gasteiger partial charge >= 0.3 is 0 Å². The first-order valence-electron chi connectivity index (χ1n) is 11.0. The van der Waals surface area contributed by atoms with Gasteiger partial charge in [0.2, 0.25) is 5.89 Å². The fourth-order valence-electron chi connectivity index (χ4n) is 3.89. The Bertz CT molecular complexity index is 1700. The van der Waals surface area contributed by atoms with E-state index in [0.717, 1.165) is 44.7 Å². The molecule has 0 aliphatic heterocycles. The maximum atomic E-state index is 7.28. The van der Waals surface area contributed by atoms with Gasteiger partial charge in [-0.2, -0.15) is 0 Å². The predicted octanol–water partition coefficient (Wildman–Crippen LogP) is 7.48. The van der Waals surface area contributed by atoms with Crippen LogP contribution in [0.3, 0.4) is 0 Å². The first kappa shape index (κ1) is 20.4. The van der Waals surface area contributed by atoms with E-state index in [1.54, 1.807) is 24.7 Å². The number of rotatable bonds is 5. The van der Waals surface area contributed by atoms with E-state index in [-0.39, 0.29) is 0 Å². The van der Waals surface area contributed by atoms with Crippen LogP contribution in [0.1, 0.15) is 0 Å². The number of hydrogen-bond donors (Lipinski definition) is 2.